The SMILES string of the molecule is CCC[C@@H](/C=N/NC(=O)NCC1CCC(C(=O)NC)CC1)NC(=O)[C@@H]1CCCN2C(=O)CC[C@H](NC)C(=O)N12.CN[C@H]1CCC(=O)N2CCC[C@@H](C(=O)N[C@H](C=O)CC(=O)O)N2C1=O. The Balaban J connectivity index is 0.000000309. The highest BCUT2D eigenvalue weighted by atomic mass is 16.4. The fourth-order valence-electron chi connectivity index (χ4n) is 8.75. The molecule has 23 nitrogen and oxygen atoms in total. The first-order chi connectivity index (χ1) is 30.7. The van der Waals surface area contributed by atoms with Crippen LogP contribution >= 0.6 is 0 Å². The van der Waals surface area contributed by atoms with E-state index in [1.807, 2.05) is 6.92 Å². The van der Waals surface area contributed by atoms with Crippen molar-refractivity contribution >= 4 is 65.9 Å². The van der Waals surface area contributed by atoms with E-state index in [4.69, 9.17) is 5.11 Å². The largest absolute Gasteiger partial charge is 0.481 e. The van der Waals surface area contributed by atoms with E-state index in [1.165, 1.54) is 21.2 Å². The Bertz CT molecular complexity index is 1740. The minimum absolute atomic E-state index is 0.0507. The normalized spacial score (nSPS) is 25.9. The number of aldehydes is 1. The van der Waals surface area contributed by atoms with Crippen LogP contribution in [0.25, 0.3) is 0 Å². The van der Waals surface area contributed by atoms with Gasteiger partial charge in [-0.15, -0.1) is 0 Å². The van der Waals surface area contributed by atoms with Crippen molar-refractivity contribution in [3.63, 3.8) is 0 Å². The lowest BCUT2D eigenvalue weighted by atomic mass is 9.81. The summed E-state index contributed by atoms with van der Waals surface area (Å²) in [5.74, 6) is -2.80. The van der Waals surface area contributed by atoms with Gasteiger partial charge in [-0.25, -0.2) is 20.2 Å². The van der Waals surface area contributed by atoms with Crippen LogP contribution in [-0.2, 0) is 43.2 Å². The zero-order chi connectivity index (χ0) is 46.9. The number of carbonyl (C=O) groups is 10. The topological polar surface area (TPSA) is 300 Å². The van der Waals surface area contributed by atoms with Crippen molar-refractivity contribution in [2.24, 2.45) is 16.9 Å². The molecule has 1 aliphatic carbocycles. The number of fused-ring (bicyclic) bond motifs is 2. The number of carboxylic acid groups (broad SMARTS) is 1. The summed E-state index contributed by atoms with van der Waals surface area (Å²) in [5.41, 5.74) is 2.46. The van der Waals surface area contributed by atoms with Gasteiger partial charge in [-0.1, -0.05) is 13.3 Å². The number of hydrogen-bond donors (Lipinski definition) is 8. The van der Waals surface area contributed by atoms with E-state index < -0.39 is 60.6 Å². The number of amides is 9. The summed E-state index contributed by atoms with van der Waals surface area (Å²) in [6.45, 7) is 3.24. The lowest BCUT2D eigenvalue weighted by Crippen LogP contribution is -2.64. The van der Waals surface area contributed by atoms with Gasteiger partial charge in [0.05, 0.1) is 30.6 Å². The summed E-state index contributed by atoms with van der Waals surface area (Å²) < 4.78 is 0. The van der Waals surface area contributed by atoms with Crippen LogP contribution in [0.3, 0.4) is 0 Å². The molecule has 0 radical (unpaired) electrons. The van der Waals surface area contributed by atoms with E-state index >= 15 is 0 Å². The van der Waals surface area contributed by atoms with Gasteiger partial charge in [-0.2, -0.15) is 5.10 Å². The van der Waals surface area contributed by atoms with Crippen LogP contribution < -0.4 is 37.3 Å². The maximum atomic E-state index is 13.3. The number of nitrogens with one attached hydrogen (secondary N) is 7. The number of aliphatic carboxylic acids is 1. The fourth-order valence-corrected chi connectivity index (χ4v) is 8.75. The molecule has 4 heterocycles. The number of carboxylic acids is 1. The van der Waals surface area contributed by atoms with Gasteiger partial charge >= 0.3 is 12.0 Å². The number of likely N-dealkylation sites (N-methyl/N-ethyl adjacent to an activating group) is 2. The summed E-state index contributed by atoms with van der Waals surface area (Å²) in [4.78, 5) is 122. The molecule has 5 fully saturated rings. The van der Waals surface area contributed by atoms with Crippen molar-refractivity contribution in [1.82, 2.24) is 57.4 Å². The molecule has 0 aromatic carbocycles. The van der Waals surface area contributed by atoms with Gasteiger partial charge in [0.25, 0.3) is 11.8 Å². The molecule has 9 amide bonds. The molecule has 1 saturated carbocycles. The Morgan fingerprint density at radius 1 is 0.734 bits per heavy atom. The van der Waals surface area contributed by atoms with Crippen molar-refractivity contribution < 1.29 is 53.1 Å². The molecule has 8 N–H and O–H groups in total. The molecule has 23 heteroatoms. The first kappa shape index (κ1) is 50.9. The monoisotopic (exact) mass is 902 g/mol. The van der Waals surface area contributed by atoms with Crippen molar-refractivity contribution in [1.29, 1.82) is 0 Å². The highest BCUT2D eigenvalue weighted by Gasteiger charge is 2.45. The first-order valence-electron chi connectivity index (χ1n) is 22.3. The van der Waals surface area contributed by atoms with Gasteiger partial charge in [-0.05, 0) is 90.6 Å². The average molecular weight is 903 g/mol. The van der Waals surface area contributed by atoms with Crippen molar-refractivity contribution in [3.05, 3.63) is 0 Å². The second kappa shape index (κ2) is 25.0. The average Bonchev–Trinajstić information content (AvgIpc) is 3.50. The molecule has 5 aliphatic rings. The maximum Gasteiger partial charge on any atom is 0.335 e. The fraction of sp³-hybridized carbons (Fsp3) is 0.732. The highest BCUT2D eigenvalue weighted by molar-refractivity contribution is 5.95. The lowest BCUT2D eigenvalue weighted by Gasteiger charge is -2.43. The van der Waals surface area contributed by atoms with Crippen LogP contribution in [0.1, 0.15) is 103 Å². The molecule has 0 spiro atoms. The number of carbonyl (C=O) groups excluding carboxylic acids is 9. The van der Waals surface area contributed by atoms with Crippen LogP contribution in [0.15, 0.2) is 5.10 Å². The Hall–Kier alpha value is -5.71. The highest BCUT2D eigenvalue weighted by Crippen LogP contribution is 2.29. The Morgan fingerprint density at radius 2 is 1.25 bits per heavy atom. The van der Waals surface area contributed by atoms with Gasteiger partial charge in [-0.3, -0.25) is 48.4 Å². The molecule has 0 aromatic rings. The predicted molar refractivity (Wildman–Crippen MR) is 229 cm³/mol. The summed E-state index contributed by atoms with van der Waals surface area (Å²) >= 11 is 0. The standard InChI is InChI=1S/C26H44N8O5.C15H22N4O6/c1-4-6-19(16-30-32-26(39)29-15-17-8-10-18(11-9-17)23(36)28-3)31-24(37)21-7-5-14-33-22(35)13-12-20(27-2)25(38)34(21)33;1-16-10-4-5-12(21)18-6-2-3-11(19(18)15(10)25)14(24)17-9(8-20)7-13(22)23/h16-21,27H,4-15H2,1-3H3,(H,28,36)(H,31,37)(H2,29,32,39);8-11,16H,2-7H2,1H3,(H,17,24)(H,22,23)/b30-16+;/t17?,18?,19-,20-,21-;9-,10-,11-/m00/s1. The van der Waals surface area contributed by atoms with Gasteiger partial charge in [0, 0.05) is 51.7 Å². The molecule has 5 rings (SSSR count). The van der Waals surface area contributed by atoms with E-state index in [1.54, 1.807) is 21.1 Å². The molecule has 64 heavy (non-hydrogen) atoms. The smallest absolute Gasteiger partial charge is 0.335 e. The summed E-state index contributed by atoms with van der Waals surface area (Å²) in [7, 11) is 4.94. The number of hydrogen-bond acceptors (Lipinski definition) is 13. The molecular formula is C41H66N12O11. The zero-order valence-corrected chi connectivity index (χ0v) is 37.3. The molecule has 4 aliphatic heterocycles. The maximum absolute atomic E-state index is 13.3. The van der Waals surface area contributed by atoms with Crippen LogP contribution in [-0.4, -0.2) is 168 Å². The predicted octanol–water partition coefficient (Wildman–Crippen LogP) is -1.51. The Kier molecular flexibility index (Phi) is 19.9. The van der Waals surface area contributed by atoms with Crippen molar-refractivity contribution in [3.8, 4) is 0 Å². The molecule has 0 unspecified atom stereocenters. The molecule has 0 aromatic heterocycles. The third-order valence-corrected chi connectivity index (χ3v) is 12.3. The first-order valence-corrected chi connectivity index (χ1v) is 22.3. The van der Waals surface area contributed by atoms with Crippen molar-refractivity contribution in [2.75, 3.05) is 40.8 Å². The summed E-state index contributed by atoms with van der Waals surface area (Å²) in [5, 5.41) is 34.6. The van der Waals surface area contributed by atoms with Gasteiger partial charge in [0.2, 0.25) is 29.5 Å². The van der Waals surface area contributed by atoms with Gasteiger partial charge in [0.15, 0.2) is 0 Å². The second-order valence-corrected chi connectivity index (χ2v) is 16.7. The third-order valence-electron chi connectivity index (χ3n) is 12.3. The Labute approximate surface area is 372 Å². The third kappa shape index (κ3) is 13.6. The quantitative estimate of drug-likeness (QED) is 0.0497. The van der Waals surface area contributed by atoms with E-state index in [0.29, 0.717) is 76.8 Å². The molecule has 4 saturated heterocycles. The van der Waals surface area contributed by atoms with Crippen LogP contribution in [0, 0.1) is 11.8 Å². The van der Waals surface area contributed by atoms with E-state index in [-0.39, 0.29) is 54.2 Å². The number of hydrazone groups is 1. The molecular weight excluding hydrogens is 837 g/mol. The zero-order valence-electron chi connectivity index (χ0n) is 37.3. The van der Waals surface area contributed by atoms with Crippen LogP contribution in [0.5, 0.6) is 0 Å². The Morgan fingerprint density at radius 3 is 1.70 bits per heavy atom. The summed E-state index contributed by atoms with van der Waals surface area (Å²) in [6, 6.07) is -4.90. The van der Waals surface area contributed by atoms with Crippen LogP contribution in [0.2, 0.25) is 0 Å². The number of hydrazine groups is 2. The number of nitrogens with zero attached hydrogens (tertiary/aromatic N) is 5. The van der Waals surface area contributed by atoms with Crippen LogP contribution in [0.4, 0.5) is 4.79 Å². The number of urea groups is 1. The summed E-state index contributed by atoms with van der Waals surface area (Å²) in [6.07, 6.45) is 9.15. The minimum Gasteiger partial charge on any atom is -0.481 e. The minimum atomic E-state index is -1.22. The van der Waals surface area contributed by atoms with E-state index in [0.717, 1.165) is 37.1 Å². The van der Waals surface area contributed by atoms with E-state index in [9.17, 15) is 47.9 Å². The molecule has 0 bridgehead atoms. The number of rotatable bonds is 16. The van der Waals surface area contributed by atoms with Gasteiger partial charge < -0.3 is 41.8 Å². The lowest BCUT2D eigenvalue weighted by molar-refractivity contribution is -0.176. The molecule has 356 valence electrons. The van der Waals surface area contributed by atoms with Crippen molar-refractivity contribution in [2.45, 2.75) is 139 Å². The second-order valence-electron chi connectivity index (χ2n) is 16.7. The van der Waals surface area contributed by atoms with Gasteiger partial charge in [0.1, 0.15) is 18.4 Å². The van der Waals surface area contributed by atoms with E-state index in [2.05, 4.69) is 42.4 Å². The molecule has 6 atom stereocenters.